The molecule has 7 heteroatoms. The summed E-state index contributed by atoms with van der Waals surface area (Å²) in [4.78, 5) is 29.9. The molecule has 1 N–H and O–H groups in total. The minimum atomic E-state index is -0.907. The average Bonchev–Trinajstić information content (AvgIpc) is 3.63. The summed E-state index contributed by atoms with van der Waals surface area (Å²) in [5, 5.41) is 19.1. The average molecular weight is 411 g/mol. The number of carboxylic acid groups (broad SMARTS) is 1. The lowest BCUT2D eigenvalue weighted by molar-refractivity contribution is -0.137. The third-order valence-electron chi connectivity index (χ3n) is 6.99. The van der Waals surface area contributed by atoms with Gasteiger partial charge >= 0.3 is 6.09 Å². The van der Waals surface area contributed by atoms with E-state index in [1.165, 1.54) is 4.90 Å². The van der Waals surface area contributed by atoms with E-state index < -0.39 is 11.6 Å². The van der Waals surface area contributed by atoms with E-state index in [2.05, 4.69) is 28.0 Å². The van der Waals surface area contributed by atoms with Crippen molar-refractivity contribution in [2.75, 3.05) is 26.2 Å². The summed E-state index contributed by atoms with van der Waals surface area (Å²) in [6, 6.07) is 12.9. The first-order valence-electron chi connectivity index (χ1n) is 11.0. The van der Waals surface area contributed by atoms with Crippen LogP contribution < -0.4 is 0 Å². The smallest absolute Gasteiger partial charge is 0.407 e. The lowest BCUT2D eigenvalue weighted by Crippen LogP contribution is -2.59. The standard InChI is InChI=1S/C23H30N4O3/c24-17-23(10-14-25(15-11-23)22(29)30)26-12-8-20(9-13-26)27(21(28)19-6-7-19)16-18-4-2-1-3-5-18/h1-5,19-20H,6-16H2,(H,29,30). The van der Waals surface area contributed by atoms with Gasteiger partial charge in [-0.15, -0.1) is 0 Å². The molecular formula is C23H30N4O3. The summed E-state index contributed by atoms with van der Waals surface area (Å²) in [6.07, 6.45) is 3.91. The largest absolute Gasteiger partial charge is 0.465 e. The second-order valence-electron chi connectivity index (χ2n) is 8.86. The zero-order valence-electron chi connectivity index (χ0n) is 17.4. The van der Waals surface area contributed by atoms with E-state index in [1.807, 2.05) is 18.2 Å². The zero-order chi connectivity index (χ0) is 21.1. The van der Waals surface area contributed by atoms with E-state index in [0.29, 0.717) is 32.5 Å². The van der Waals surface area contributed by atoms with Crippen molar-refractivity contribution in [3.8, 4) is 6.07 Å². The molecule has 1 aromatic carbocycles. The molecule has 1 aromatic rings. The fraction of sp³-hybridized carbons (Fsp3) is 0.609. The minimum Gasteiger partial charge on any atom is -0.465 e. The second kappa shape index (κ2) is 8.65. The Morgan fingerprint density at radius 3 is 2.23 bits per heavy atom. The predicted molar refractivity (Wildman–Crippen MR) is 111 cm³/mol. The van der Waals surface area contributed by atoms with Crippen molar-refractivity contribution in [3.05, 3.63) is 35.9 Å². The molecule has 3 aliphatic rings. The van der Waals surface area contributed by atoms with E-state index in [-0.39, 0.29) is 17.9 Å². The molecule has 0 unspecified atom stereocenters. The fourth-order valence-corrected chi connectivity index (χ4v) is 4.90. The van der Waals surface area contributed by atoms with E-state index >= 15 is 0 Å². The highest BCUT2D eigenvalue weighted by Gasteiger charge is 2.44. The van der Waals surface area contributed by atoms with Gasteiger partial charge in [0.15, 0.2) is 0 Å². The molecule has 3 fully saturated rings. The van der Waals surface area contributed by atoms with Crippen LogP contribution in [-0.2, 0) is 11.3 Å². The van der Waals surface area contributed by atoms with Crippen molar-refractivity contribution in [2.45, 2.75) is 56.7 Å². The summed E-state index contributed by atoms with van der Waals surface area (Å²) < 4.78 is 0. The number of likely N-dealkylation sites (tertiary alicyclic amines) is 2. The zero-order valence-corrected chi connectivity index (χ0v) is 17.4. The van der Waals surface area contributed by atoms with Crippen LogP contribution in [0.2, 0.25) is 0 Å². The molecule has 0 aromatic heterocycles. The Morgan fingerprint density at radius 2 is 1.70 bits per heavy atom. The molecule has 2 saturated heterocycles. The molecule has 1 aliphatic carbocycles. The fourth-order valence-electron chi connectivity index (χ4n) is 4.90. The Morgan fingerprint density at radius 1 is 1.07 bits per heavy atom. The molecule has 2 amide bonds. The number of benzene rings is 1. The van der Waals surface area contributed by atoms with E-state index in [1.54, 1.807) is 0 Å². The highest BCUT2D eigenvalue weighted by atomic mass is 16.4. The Bertz CT molecular complexity index is 801. The molecule has 160 valence electrons. The van der Waals surface area contributed by atoms with Crippen LogP contribution in [0.1, 0.15) is 44.1 Å². The Labute approximate surface area is 177 Å². The van der Waals surface area contributed by atoms with Crippen molar-refractivity contribution in [3.63, 3.8) is 0 Å². The van der Waals surface area contributed by atoms with Crippen LogP contribution >= 0.6 is 0 Å². The van der Waals surface area contributed by atoms with Crippen molar-refractivity contribution in [1.29, 1.82) is 5.26 Å². The molecule has 2 heterocycles. The quantitative estimate of drug-likeness (QED) is 0.806. The molecule has 7 nitrogen and oxygen atoms in total. The lowest BCUT2D eigenvalue weighted by Gasteiger charge is -2.48. The van der Waals surface area contributed by atoms with Gasteiger partial charge in [0.05, 0.1) is 6.07 Å². The van der Waals surface area contributed by atoms with Gasteiger partial charge < -0.3 is 14.9 Å². The lowest BCUT2D eigenvalue weighted by atomic mass is 9.85. The van der Waals surface area contributed by atoms with E-state index in [9.17, 15) is 20.0 Å². The van der Waals surface area contributed by atoms with Gasteiger partial charge in [0.1, 0.15) is 5.54 Å². The number of amides is 2. The van der Waals surface area contributed by atoms with E-state index in [0.717, 1.165) is 44.3 Å². The summed E-state index contributed by atoms with van der Waals surface area (Å²) in [7, 11) is 0. The van der Waals surface area contributed by atoms with Crippen LogP contribution in [-0.4, -0.2) is 69.6 Å². The third kappa shape index (κ3) is 4.29. The maximum atomic E-state index is 13.0. The van der Waals surface area contributed by atoms with Gasteiger partial charge in [-0.3, -0.25) is 9.69 Å². The van der Waals surface area contributed by atoms with Crippen molar-refractivity contribution < 1.29 is 14.7 Å². The Hall–Kier alpha value is -2.59. The number of carbonyl (C=O) groups is 2. The second-order valence-corrected chi connectivity index (χ2v) is 8.86. The number of nitrogens with zero attached hydrogens (tertiary/aromatic N) is 4. The van der Waals surface area contributed by atoms with Crippen LogP contribution in [0.3, 0.4) is 0 Å². The predicted octanol–water partition coefficient (Wildman–Crippen LogP) is 2.93. The van der Waals surface area contributed by atoms with Gasteiger partial charge in [0.25, 0.3) is 0 Å². The first-order valence-corrected chi connectivity index (χ1v) is 11.0. The molecule has 2 aliphatic heterocycles. The molecule has 0 radical (unpaired) electrons. The van der Waals surface area contributed by atoms with Gasteiger partial charge in [-0.05, 0) is 44.1 Å². The first-order chi connectivity index (χ1) is 14.5. The normalized spacial score (nSPS) is 22.3. The van der Waals surface area contributed by atoms with Crippen molar-refractivity contribution in [2.24, 2.45) is 5.92 Å². The highest BCUT2D eigenvalue weighted by molar-refractivity contribution is 5.81. The summed E-state index contributed by atoms with van der Waals surface area (Å²) in [6.45, 7) is 3.01. The van der Waals surface area contributed by atoms with Crippen LogP contribution in [0, 0.1) is 17.2 Å². The van der Waals surface area contributed by atoms with Gasteiger partial charge in [-0.2, -0.15) is 5.26 Å². The minimum absolute atomic E-state index is 0.192. The van der Waals surface area contributed by atoms with Gasteiger partial charge in [0, 0.05) is 44.7 Å². The maximum absolute atomic E-state index is 13.0. The maximum Gasteiger partial charge on any atom is 0.407 e. The number of nitriles is 1. The number of rotatable bonds is 5. The van der Waals surface area contributed by atoms with Crippen molar-refractivity contribution in [1.82, 2.24) is 14.7 Å². The monoisotopic (exact) mass is 410 g/mol. The molecule has 4 rings (SSSR count). The molecule has 0 spiro atoms. The van der Waals surface area contributed by atoms with Crippen LogP contribution in [0.15, 0.2) is 30.3 Å². The Balaban J connectivity index is 1.41. The first kappa shape index (κ1) is 20.7. The van der Waals surface area contributed by atoms with Gasteiger partial charge in [0.2, 0.25) is 5.91 Å². The number of piperidine rings is 2. The SMILES string of the molecule is N#CC1(N2CCC(N(Cc3ccccc3)C(=O)C3CC3)CC2)CCN(C(=O)O)CC1. The number of hydrogen-bond acceptors (Lipinski definition) is 4. The summed E-state index contributed by atoms with van der Waals surface area (Å²) in [5.74, 6) is 0.472. The van der Waals surface area contributed by atoms with Crippen LogP contribution in [0.25, 0.3) is 0 Å². The van der Waals surface area contributed by atoms with Crippen LogP contribution in [0.4, 0.5) is 4.79 Å². The molecule has 0 atom stereocenters. The molecule has 0 bridgehead atoms. The number of hydrogen-bond donors (Lipinski definition) is 1. The third-order valence-corrected chi connectivity index (χ3v) is 6.99. The van der Waals surface area contributed by atoms with Crippen molar-refractivity contribution >= 4 is 12.0 Å². The van der Waals surface area contributed by atoms with Crippen LogP contribution in [0.5, 0.6) is 0 Å². The molecule has 1 saturated carbocycles. The van der Waals surface area contributed by atoms with Gasteiger partial charge in [-0.1, -0.05) is 30.3 Å². The summed E-state index contributed by atoms with van der Waals surface area (Å²) in [5.41, 5.74) is 0.574. The topological polar surface area (TPSA) is 87.9 Å². The highest BCUT2D eigenvalue weighted by Crippen LogP contribution is 2.36. The molecule has 30 heavy (non-hydrogen) atoms. The van der Waals surface area contributed by atoms with Gasteiger partial charge in [-0.25, -0.2) is 4.79 Å². The summed E-state index contributed by atoms with van der Waals surface area (Å²) >= 11 is 0. The Kier molecular flexibility index (Phi) is 5.96. The molecular weight excluding hydrogens is 380 g/mol. The number of carbonyl (C=O) groups excluding carboxylic acids is 1. The van der Waals surface area contributed by atoms with E-state index in [4.69, 9.17) is 0 Å².